The summed E-state index contributed by atoms with van der Waals surface area (Å²) in [5.74, 6) is -2.12. The third kappa shape index (κ3) is 3.45. The van der Waals surface area contributed by atoms with Gasteiger partial charge in [-0.25, -0.2) is 9.18 Å². The molecule has 1 aromatic carbocycles. The van der Waals surface area contributed by atoms with Crippen LogP contribution in [-0.4, -0.2) is 12.1 Å². The molecule has 18 heavy (non-hydrogen) atoms. The summed E-state index contributed by atoms with van der Waals surface area (Å²) >= 11 is 0. The zero-order valence-electron chi connectivity index (χ0n) is 9.84. The predicted molar refractivity (Wildman–Crippen MR) is 56.6 cm³/mol. The molecule has 0 N–H and O–H groups in total. The molecule has 1 atom stereocenters. The number of benzene rings is 1. The average Bonchev–Trinajstić information content (AvgIpc) is 2.27. The van der Waals surface area contributed by atoms with Gasteiger partial charge in [0, 0.05) is 0 Å². The summed E-state index contributed by atoms with van der Waals surface area (Å²) in [5.41, 5.74) is -1.79. The fourth-order valence-electron chi connectivity index (χ4n) is 1.19. The Hall–Kier alpha value is -1.59. The third-order valence-electron chi connectivity index (χ3n) is 2.40. The molecule has 6 heteroatoms. The first-order chi connectivity index (χ1) is 8.25. The zero-order chi connectivity index (χ0) is 13.9. The van der Waals surface area contributed by atoms with Gasteiger partial charge in [-0.05, 0) is 31.5 Å². The number of hydrogen-bond acceptors (Lipinski definition) is 2. The van der Waals surface area contributed by atoms with Crippen LogP contribution in [0.1, 0.15) is 36.2 Å². The molecule has 1 aromatic rings. The Kier molecular flexibility index (Phi) is 4.32. The van der Waals surface area contributed by atoms with E-state index in [9.17, 15) is 22.4 Å². The van der Waals surface area contributed by atoms with E-state index >= 15 is 0 Å². The molecule has 100 valence electrons. The van der Waals surface area contributed by atoms with Gasteiger partial charge >= 0.3 is 12.1 Å². The molecule has 0 amide bonds. The van der Waals surface area contributed by atoms with Crippen LogP contribution in [0.2, 0.25) is 0 Å². The van der Waals surface area contributed by atoms with Crippen molar-refractivity contribution in [3.05, 3.63) is 35.1 Å². The molecule has 0 spiro atoms. The number of alkyl halides is 3. The van der Waals surface area contributed by atoms with Crippen molar-refractivity contribution >= 4 is 5.97 Å². The molecule has 0 fully saturated rings. The topological polar surface area (TPSA) is 26.3 Å². The quantitative estimate of drug-likeness (QED) is 0.613. The minimum absolute atomic E-state index is 0.458. The molecule has 0 radical (unpaired) electrons. The Morgan fingerprint density at radius 1 is 1.39 bits per heavy atom. The summed E-state index contributed by atoms with van der Waals surface area (Å²) in [7, 11) is 0. The highest BCUT2D eigenvalue weighted by molar-refractivity contribution is 5.90. The van der Waals surface area contributed by atoms with Crippen LogP contribution in [-0.2, 0) is 10.9 Å². The maximum atomic E-state index is 13.3. The molecule has 1 rings (SSSR count). The van der Waals surface area contributed by atoms with Gasteiger partial charge in [0.2, 0.25) is 0 Å². The van der Waals surface area contributed by atoms with E-state index in [-0.39, 0.29) is 0 Å². The van der Waals surface area contributed by atoms with E-state index in [1.54, 1.807) is 13.8 Å². The molecular weight excluding hydrogens is 252 g/mol. The summed E-state index contributed by atoms with van der Waals surface area (Å²) < 4.78 is 55.3. The minimum Gasteiger partial charge on any atom is -0.459 e. The number of carbonyl (C=O) groups is 1. The largest absolute Gasteiger partial charge is 0.459 e. The standard InChI is InChI=1S/C12H12F4O2/c1-3-7(2)18-11(17)9-6-8(12(14,15)16)4-5-10(9)13/h4-7H,3H2,1-2H3. The molecule has 0 aromatic heterocycles. The lowest BCUT2D eigenvalue weighted by molar-refractivity contribution is -0.137. The van der Waals surface area contributed by atoms with Gasteiger partial charge in [0.25, 0.3) is 0 Å². The van der Waals surface area contributed by atoms with Crippen LogP contribution in [0.3, 0.4) is 0 Å². The molecule has 0 saturated heterocycles. The molecule has 0 bridgehead atoms. The van der Waals surface area contributed by atoms with E-state index < -0.39 is 35.2 Å². The molecule has 0 heterocycles. The lowest BCUT2D eigenvalue weighted by Crippen LogP contribution is -2.16. The molecule has 1 unspecified atom stereocenters. The van der Waals surface area contributed by atoms with Gasteiger partial charge in [0.15, 0.2) is 0 Å². The average molecular weight is 264 g/mol. The highest BCUT2D eigenvalue weighted by Gasteiger charge is 2.32. The van der Waals surface area contributed by atoms with Crippen LogP contribution in [0.4, 0.5) is 17.6 Å². The number of esters is 1. The maximum absolute atomic E-state index is 13.3. The first-order valence-electron chi connectivity index (χ1n) is 5.33. The fraction of sp³-hybridized carbons (Fsp3) is 0.417. The Morgan fingerprint density at radius 2 is 2.00 bits per heavy atom. The Bertz CT molecular complexity index is 440. The van der Waals surface area contributed by atoms with Gasteiger partial charge in [0.05, 0.1) is 17.2 Å². The second-order valence-corrected chi connectivity index (χ2v) is 3.82. The molecule has 0 saturated carbocycles. The third-order valence-corrected chi connectivity index (χ3v) is 2.40. The zero-order valence-corrected chi connectivity index (χ0v) is 9.84. The van der Waals surface area contributed by atoms with Crippen LogP contribution in [0, 0.1) is 5.82 Å². The van der Waals surface area contributed by atoms with E-state index in [4.69, 9.17) is 4.74 Å². The van der Waals surface area contributed by atoms with Crippen molar-refractivity contribution in [2.45, 2.75) is 32.5 Å². The van der Waals surface area contributed by atoms with Gasteiger partial charge in [-0.3, -0.25) is 0 Å². The maximum Gasteiger partial charge on any atom is 0.416 e. The first kappa shape index (κ1) is 14.5. The summed E-state index contributed by atoms with van der Waals surface area (Å²) in [5, 5.41) is 0. The fourth-order valence-corrected chi connectivity index (χ4v) is 1.19. The summed E-state index contributed by atoms with van der Waals surface area (Å²) in [6.07, 6.45) is -4.61. The molecular formula is C12H12F4O2. The van der Waals surface area contributed by atoms with E-state index in [1.807, 2.05) is 0 Å². The van der Waals surface area contributed by atoms with Crippen LogP contribution in [0.15, 0.2) is 18.2 Å². The number of ether oxygens (including phenoxy) is 1. The summed E-state index contributed by atoms with van der Waals surface area (Å²) in [6.45, 7) is 3.31. The first-order valence-corrected chi connectivity index (χ1v) is 5.33. The van der Waals surface area contributed by atoms with E-state index in [2.05, 4.69) is 0 Å². The van der Waals surface area contributed by atoms with Crippen molar-refractivity contribution in [3.63, 3.8) is 0 Å². The van der Waals surface area contributed by atoms with Crippen LogP contribution >= 0.6 is 0 Å². The summed E-state index contributed by atoms with van der Waals surface area (Å²) in [6, 6.07) is 1.64. The number of rotatable bonds is 3. The minimum atomic E-state index is -4.63. The SMILES string of the molecule is CCC(C)OC(=O)c1cc(C(F)(F)F)ccc1F. The number of hydrogen-bond donors (Lipinski definition) is 0. The van der Waals surface area contributed by atoms with Crippen molar-refractivity contribution in [2.75, 3.05) is 0 Å². The van der Waals surface area contributed by atoms with Crippen LogP contribution in [0.25, 0.3) is 0 Å². The van der Waals surface area contributed by atoms with Gasteiger partial charge in [-0.1, -0.05) is 6.92 Å². The van der Waals surface area contributed by atoms with E-state index in [0.717, 1.165) is 0 Å². The molecule has 0 aliphatic heterocycles. The van der Waals surface area contributed by atoms with Gasteiger partial charge in [0.1, 0.15) is 5.82 Å². The van der Waals surface area contributed by atoms with Gasteiger partial charge in [-0.15, -0.1) is 0 Å². The predicted octanol–water partition coefficient (Wildman–Crippen LogP) is 3.80. The Balaban J connectivity index is 3.04. The van der Waals surface area contributed by atoms with Crippen LogP contribution in [0.5, 0.6) is 0 Å². The Labute approximate surface area is 102 Å². The second-order valence-electron chi connectivity index (χ2n) is 3.82. The van der Waals surface area contributed by atoms with Crippen molar-refractivity contribution in [3.8, 4) is 0 Å². The smallest absolute Gasteiger partial charge is 0.416 e. The van der Waals surface area contributed by atoms with Crippen molar-refractivity contribution in [1.82, 2.24) is 0 Å². The van der Waals surface area contributed by atoms with E-state index in [0.29, 0.717) is 24.6 Å². The van der Waals surface area contributed by atoms with Crippen molar-refractivity contribution < 1.29 is 27.1 Å². The highest BCUT2D eigenvalue weighted by atomic mass is 19.4. The van der Waals surface area contributed by atoms with Gasteiger partial charge in [-0.2, -0.15) is 13.2 Å². The number of halogens is 4. The molecule has 0 aliphatic rings. The van der Waals surface area contributed by atoms with Crippen LogP contribution < -0.4 is 0 Å². The lowest BCUT2D eigenvalue weighted by Gasteiger charge is -2.13. The Morgan fingerprint density at radius 3 is 2.50 bits per heavy atom. The monoisotopic (exact) mass is 264 g/mol. The van der Waals surface area contributed by atoms with Crippen molar-refractivity contribution in [2.24, 2.45) is 0 Å². The molecule has 0 aliphatic carbocycles. The second kappa shape index (κ2) is 5.37. The number of carbonyl (C=O) groups excluding carboxylic acids is 1. The molecule has 2 nitrogen and oxygen atoms in total. The normalized spacial score (nSPS) is 13.2. The van der Waals surface area contributed by atoms with Crippen molar-refractivity contribution in [1.29, 1.82) is 0 Å². The lowest BCUT2D eigenvalue weighted by atomic mass is 10.1. The highest BCUT2D eigenvalue weighted by Crippen LogP contribution is 2.30. The van der Waals surface area contributed by atoms with Gasteiger partial charge < -0.3 is 4.74 Å². The summed E-state index contributed by atoms with van der Waals surface area (Å²) in [4.78, 5) is 11.5. The van der Waals surface area contributed by atoms with E-state index in [1.165, 1.54) is 0 Å².